The maximum absolute atomic E-state index is 13.6. The standard InChI is InChI=1S/C15H17FN4O2S/c1-11(22-13-5-3-2-4-12(13)16)15(21)20-8-6-19(7-9-20)14-10-17-23-18-14/h2-5,10-11H,6-9H2,1H3/t11-/m0/s1. The van der Waals surface area contributed by atoms with E-state index in [1.807, 2.05) is 0 Å². The molecule has 0 radical (unpaired) electrons. The number of carbonyl (C=O) groups is 1. The van der Waals surface area contributed by atoms with Gasteiger partial charge in [0.15, 0.2) is 23.5 Å². The van der Waals surface area contributed by atoms with Crippen molar-refractivity contribution in [3.63, 3.8) is 0 Å². The number of rotatable bonds is 4. The zero-order chi connectivity index (χ0) is 16.2. The summed E-state index contributed by atoms with van der Waals surface area (Å²) < 4.78 is 27.2. The molecule has 6 nitrogen and oxygen atoms in total. The number of amides is 1. The van der Waals surface area contributed by atoms with Crippen LogP contribution in [0.25, 0.3) is 0 Å². The lowest BCUT2D eigenvalue weighted by atomic mass is 10.2. The van der Waals surface area contributed by atoms with Gasteiger partial charge in [-0.25, -0.2) is 4.39 Å². The Labute approximate surface area is 137 Å². The van der Waals surface area contributed by atoms with Crippen LogP contribution in [-0.4, -0.2) is 51.8 Å². The predicted octanol–water partition coefficient (Wildman–Crippen LogP) is 1.79. The summed E-state index contributed by atoms with van der Waals surface area (Å²) in [6.07, 6.45) is 1.01. The lowest BCUT2D eigenvalue weighted by Crippen LogP contribution is -2.52. The van der Waals surface area contributed by atoms with E-state index in [4.69, 9.17) is 4.74 Å². The fourth-order valence-corrected chi connectivity index (χ4v) is 2.93. The Balaban J connectivity index is 1.55. The van der Waals surface area contributed by atoms with Gasteiger partial charge in [0.05, 0.1) is 17.9 Å². The highest BCUT2D eigenvalue weighted by Gasteiger charge is 2.27. The van der Waals surface area contributed by atoms with Gasteiger partial charge >= 0.3 is 0 Å². The van der Waals surface area contributed by atoms with Crippen LogP contribution >= 0.6 is 11.7 Å². The van der Waals surface area contributed by atoms with Crippen LogP contribution in [0.5, 0.6) is 5.75 Å². The maximum atomic E-state index is 13.6. The van der Waals surface area contributed by atoms with Crippen molar-refractivity contribution in [1.82, 2.24) is 13.6 Å². The number of para-hydroxylation sites is 1. The molecule has 1 aromatic carbocycles. The Kier molecular flexibility index (Phi) is 4.71. The second kappa shape index (κ2) is 6.91. The molecule has 1 aliphatic rings. The third-order valence-electron chi connectivity index (χ3n) is 3.75. The number of halogens is 1. The molecule has 0 spiro atoms. The quantitative estimate of drug-likeness (QED) is 0.852. The van der Waals surface area contributed by atoms with Gasteiger partial charge in [-0.15, -0.1) is 0 Å². The average molecular weight is 336 g/mol. The largest absolute Gasteiger partial charge is 0.478 e. The molecule has 3 rings (SSSR count). The van der Waals surface area contributed by atoms with Crippen molar-refractivity contribution in [3.05, 3.63) is 36.3 Å². The molecule has 23 heavy (non-hydrogen) atoms. The van der Waals surface area contributed by atoms with Crippen LogP contribution in [0.1, 0.15) is 6.92 Å². The third kappa shape index (κ3) is 3.58. The number of aromatic nitrogens is 2. The molecule has 8 heteroatoms. The Hall–Kier alpha value is -2.22. The molecule has 1 saturated heterocycles. The van der Waals surface area contributed by atoms with Crippen molar-refractivity contribution in [2.75, 3.05) is 31.1 Å². The summed E-state index contributed by atoms with van der Waals surface area (Å²) >= 11 is 1.17. The fraction of sp³-hybridized carbons (Fsp3) is 0.400. The number of hydrogen-bond acceptors (Lipinski definition) is 6. The van der Waals surface area contributed by atoms with Gasteiger partial charge in [0.2, 0.25) is 0 Å². The molecule has 0 saturated carbocycles. The van der Waals surface area contributed by atoms with Crippen LogP contribution < -0.4 is 9.64 Å². The number of piperazine rings is 1. The van der Waals surface area contributed by atoms with Crippen LogP contribution in [0.2, 0.25) is 0 Å². The molecule has 1 atom stereocenters. The molecule has 122 valence electrons. The number of anilines is 1. The monoisotopic (exact) mass is 336 g/mol. The molecule has 2 heterocycles. The van der Waals surface area contributed by atoms with Crippen molar-refractivity contribution in [3.8, 4) is 5.75 Å². The van der Waals surface area contributed by atoms with Crippen LogP contribution in [-0.2, 0) is 4.79 Å². The summed E-state index contributed by atoms with van der Waals surface area (Å²) in [7, 11) is 0. The van der Waals surface area contributed by atoms with Gasteiger partial charge in [0, 0.05) is 26.2 Å². The second-order valence-corrected chi connectivity index (χ2v) is 5.83. The minimum absolute atomic E-state index is 0.0977. The van der Waals surface area contributed by atoms with Crippen LogP contribution in [0.15, 0.2) is 30.5 Å². The summed E-state index contributed by atoms with van der Waals surface area (Å²) in [6.45, 7) is 4.21. The van der Waals surface area contributed by atoms with Gasteiger partial charge in [-0.3, -0.25) is 4.79 Å². The van der Waals surface area contributed by atoms with E-state index in [1.165, 1.54) is 23.9 Å². The number of carbonyl (C=O) groups excluding carboxylic acids is 1. The number of nitrogens with zero attached hydrogens (tertiary/aromatic N) is 4. The van der Waals surface area contributed by atoms with E-state index in [9.17, 15) is 9.18 Å². The highest BCUT2D eigenvalue weighted by Crippen LogP contribution is 2.19. The zero-order valence-electron chi connectivity index (χ0n) is 12.7. The first kappa shape index (κ1) is 15.7. The topological polar surface area (TPSA) is 58.6 Å². The summed E-state index contributed by atoms with van der Waals surface area (Å²) in [5.74, 6) is 0.343. The Morgan fingerprint density at radius 1 is 1.30 bits per heavy atom. The molecular formula is C15H17FN4O2S. The normalized spacial score (nSPS) is 16.3. The molecule has 1 aromatic heterocycles. The van der Waals surface area contributed by atoms with E-state index in [-0.39, 0.29) is 11.7 Å². The summed E-state index contributed by atoms with van der Waals surface area (Å²) in [6, 6.07) is 6.09. The molecule has 0 aliphatic carbocycles. The number of benzene rings is 1. The van der Waals surface area contributed by atoms with Gasteiger partial charge in [-0.05, 0) is 19.1 Å². The first-order valence-corrected chi connectivity index (χ1v) is 8.10. The van der Waals surface area contributed by atoms with Gasteiger partial charge in [-0.2, -0.15) is 8.75 Å². The Morgan fingerprint density at radius 2 is 2.04 bits per heavy atom. The Morgan fingerprint density at radius 3 is 2.70 bits per heavy atom. The minimum Gasteiger partial charge on any atom is -0.478 e. The first-order chi connectivity index (χ1) is 11.1. The van der Waals surface area contributed by atoms with E-state index in [2.05, 4.69) is 13.6 Å². The minimum atomic E-state index is -0.723. The zero-order valence-corrected chi connectivity index (χ0v) is 13.5. The van der Waals surface area contributed by atoms with Crippen LogP contribution in [0.4, 0.5) is 10.2 Å². The number of ether oxygens (including phenoxy) is 1. The van der Waals surface area contributed by atoms with E-state index in [0.717, 1.165) is 5.82 Å². The molecule has 1 fully saturated rings. The van der Waals surface area contributed by atoms with E-state index in [0.29, 0.717) is 26.2 Å². The van der Waals surface area contributed by atoms with Crippen molar-refractivity contribution < 1.29 is 13.9 Å². The molecule has 0 unspecified atom stereocenters. The smallest absolute Gasteiger partial charge is 0.263 e. The lowest BCUT2D eigenvalue weighted by molar-refractivity contribution is -0.138. The highest BCUT2D eigenvalue weighted by atomic mass is 32.1. The van der Waals surface area contributed by atoms with Crippen LogP contribution in [0, 0.1) is 5.82 Å². The van der Waals surface area contributed by atoms with Gasteiger partial charge in [0.25, 0.3) is 5.91 Å². The van der Waals surface area contributed by atoms with E-state index >= 15 is 0 Å². The summed E-state index contributed by atoms with van der Waals surface area (Å²) in [4.78, 5) is 16.3. The van der Waals surface area contributed by atoms with Gasteiger partial charge < -0.3 is 14.5 Å². The van der Waals surface area contributed by atoms with Crippen LogP contribution in [0.3, 0.4) is 0 Å². The SMILES string of the molecule is C[C@H](Oc1ccccc1F)C(=O)N1CCN(c2cnsn2)CC1. The highest BCUT2D eigenvalue weighted by molar-refractivity contribution is 6.99. The molecule has 0 N–H and O–H groups in total. The van der Waals surface area contributed by atoms with Gasteiger partial charge in [-0.1, -0.05) is 12.1 Å². The summed E-state index contributed by atoms with van der Waals surface area (Å²) in [5.41, 5.74) is 0. The third-order valence-corrected chi connectivity index (χ3v) is 4.22. The first-order valence-electron chi connectivity index (χ1n) is 7.37. The lowest BCUT2D eigenvalue weighted by Gasteiger charge is -2.35. The molecular weight excluding hydrogens is 319 g/mol. The maximum Gasteiger partial charge on any atom is 0.263 e. The average Bonchev–Trinajstić information content (AvgIpc) is 3.11. The summed E-state index contributed by atoms with van der Waals surface area (Å²) in [5, 5.41) is 0. The van der Waals surface area contributed by atoms with E-state index in [1.54, 1.807) is 30.2 Å². The fourth-order valence-electron chi connectivity index (χ4n) is 2.49. The van der Waals surface area contributed by atoms with Gasteiger partial charge in [0.1, 0.15) is 0 Å². The second-order valence-electron chi connectivity index (χ2n) is 5.27. The molecule has 0 bridgehead atoms. The molecule has 1 aliphatic heterocycles. The van der Waals surface area contributed by atoms with E-state index < -0.39 is 11.9 Å². The predicted molar refractivity (Wildman–Crippen MR) is 85.2 cm³/mol. The van der Waals surface area contributed by atoms with Crippen molar-refractivity contribution >= 4 is 23.5 Å². The van der Waals surface area contributed by atoms with Crippen molar-refractivity contribution in [2.45, 2.75) is 13.0 Å². The Bertz CT molecular complexity index is 659. The van der Waals surface area contributed by atoms with Crippen molar-refractivity contribution in [1.29, 1.82) is 0 Å². The van der Waals surface area contributed by atoms with Crippen molar-refractivity contribution in [2.24, 2.45) is 0 Å². The number of hydrogen-bond donors (Lipinski definition) is 0. The molecule has 1 amide bonds. The molecule has 2 aromatic rings.